The van der Waals surface area contributed by atoms with Gasteiger partial charge in [0.05, 0.1) is 5.41 Å². The number of carbonyl (C=O) groups is 3. The Kier molecular flexibility index (Phi) is 8.11. The number of fused-ring (bicyclic) bond motifs is 7. The van der Waals surface area contributed by atoms with Crippen LogP contribution in [-0.4, -0.2) is 28.9 Å². The van der Waals surface area contributed by atoms with Gasteiger partial charge in [0.15, 0.2) is 18.2 Å². The topological polar surface area (TPSA) is 84.5 Å². The summed E-state index contributed by atoms with van der Waals surface area (Å²) in [6.07, 6.45) is 13.4. The first-order valence-corrected chi connectivity index (χ1v) is 16.6. The van der Waals surface area contributed by atoms with E-state index in [-0.39, 0.29) is 86.7 Å². The Morgan fingerprint density at radius 3 is 2.30 bits per heavy atom. The molecule has 4 fully saturated rings. The lowest BCUT2D eigenvalue weighted by molar-refractivity contribution is -0.671. The summed E-state index contributed by atoms with van der Waals surface area (Å²) in [5.41, 5.74) is 0.289. The number of allylic oxidation sites excluding steroid dienone is 2. The van der Waals surface area contributed by atoms with E-state index in [1.807, 2.05) is 36.9 Å². The molecule has 7 heteroatoms. The molecule has 242 valence electrons. The minimum atomic E-state index is -0.745. The number of hydrogen-bond acceptors (Lipinski definition) is 4. The van der Waals surface area contributed by atoms with Gasteiger partial charge in [-0.15, -0.1) is 0 Å². The van der Waals surface area contributed by atoms with Crippen molar-refractivity contribution in [1.82, 2.24) is 0 Å². The van der Waals surface area contributed by atoms with Gasteiger partial charge in [-0.05, 0) is 110 Å². The zero-order valence-corrected chi connectivity index (χ0v) is 30.1. The molecule has 1 N–H and O–H groups in total. The third-order valence-corrected chi connectivity index (χ3v) is 14.5. The molecule has 44 heavy (non-hydrogen) atoms. The number of hydrogen-bond donors (Lipinski definition) is 1. The number of aryl methyl sites for hydroxylation is 1. The standard InChI is InChI=1S/C37H51NO5.HI/c1-32(2)27-11-14-37(7)29(35(27,5)13-12-28(32)43-30(40)23-10-9-19-38(8)22-23)26(39)20-24-25-21-34(4,31(41)42)16-15-33(25,3)17-18-36(24,37)6;/h9-10,19-20,22,25,27-29H,11-18,21H2,1-8H3;1H/t25-,27-,28-,29+,33+,34-,35-,36+,37+;/m0./s1. The minimum Gasteiger partial charge on any atom is -1.00 e. The molecule has 1 heterocycles. The molecule has 0 aliphatic heterocycles. The van der Waals surface area contributed by atoms with E-state index in [2.05, 4.69) is 41.5 Å². The smallest absolute Gasteiger partial charge is 0.344 e. The van der Waals surface area contributed by atoms with Crippen LogP contribution in [0.15, 0.2) is 36.2 Å². The number of aliphatic carboxylic acids is 1. The van der Waals surface area contributed by atoms with E-state index in [1.165, 1.54) is 5.57 Å². The SMILES string of the molecule is C[n+]1cccc(C(=O)O[C@H]2CC[C@]3(C)[C@H]4C(=O)C=C5[C@@H]6C[C@@](C)(C(=O)O)CC[C@]6(C)CC[C@@]5(C)[C@]4(C)CC[C@H]3C2(C)C)c1.[I-]. The number of halogens is 1. The first-order chi connectivity index (χ1) is 19.9. The Morgan fingerprint density at radius 1 is 0.955 bits per heavy atom. The van der Waals surface area contributed by atoms with Crippen molar-refractivity contribution >= 4 is 17.7 Å². The maximum atomic E-state index is 14.6. The first-order valence-electron chi connectivity index (χ1n) is 16.6. The van der Waals surface area contributed by atoms with Crippen molar-refractivity contribution in [1.29, 1.82) is 0 Å². The number of aromatic nitrogens is 1. The lowest BCUT2D eigenvalue weighted by Crippen LogP contribution is -3.00. The van der Waals surface area contributed by atoms with Crippen LogP contribution in [-0.2, 0) is 21.4 Å². The lowest BCUT2D eigenvalue weighted by Gasteiger charge is -2.70. The highest BCUT2D eigenvalue weighted by molar-refractivity contribution is 5.96. The zero-order chi connectivity index (χ0) is 31.4. The Labute approximate surface area is 280 Å². The van der Waals surface area contributed by atoms with Crippen LogP contribution in [0.5, 0.6) is 0 Å². The highest BCUT2D eigenvalue weighted by atomic mass is 127. The van der Waals surface area contributed by atoms with Gasteiger partial charge < -0.3 is 33.8 Å². The Balaban J connectivity index is 0.00000384. The summed E-state index contributed by atoms with van der Waals surface area (Å²) < 4.78 is 8.11. The Morgan fingerprint density at radius 2 is 1.64 bits per heavy atom. The van der Waals surface area contributed by atoms with Gasteiger partial charge in [0.2, 0.25) is 0 Å². The Hall–Kier alpha value is -1.77. The summed E-state index contributed by atoms with van der Waals surface area (Å²) in [7, 11) is 1.90. The summed E-state index contributed by atoms with van der Waals surface area (Å²) >= 11 is 0. The molecule has 0 radical (unpaired) electrons. The lowest BCUT2D eigenvalue weighted by atomic mass is 9.33. The predicted molar refractivity (Wildman–Crippen MR) is 164 cm³/mol. The second-order valence-electron chi connectivity index (χ2n) is 17.1. The van der Waals surface area contributed by atoms with Gasteiger partial charge in [0, 0.05) is 17.4 Å². The van der Waals surface area contributed by atoms with Gasteiger partial charge in [-0.2, -0.15) is 0 Å². The molecule has 0 bridgehead atoms. The van der Waals surface area contributed by atoms with Crippen molar-refractivity contribution in [2.75, 3.05) is 0 Å². The average molecular weight is 718 g/mol. The van der Waals surface area contributed by atoms with Crippen LogP contribution in [0, 0.1) is 50.2 Å². The molecular weight excluding hydrogens is 665 g/mol. The second kappa shape index (κ2) is 10.6. The molecule has 0 saturated heterocycles. The van der Waals surface area contributed by atoms with E-state index < -0.39 is 11.4 Å². The number of carbonyl (C=O) groups excluding carboxylic acids is 2. The first kappa shape index (κ1) is 33.6. The van der Waals surface area contributed by atoms with Crippen molar-refractivity contribution in [3.05, 3.63) is 41.7 Å². The van der Waals surface area contributed by atoms with Crippen LogP contribution in [0.1, 0.15) is 117 Å². The highest BCUT2D eigenvalue weighted by Crippen LogP contribution is 2.75. The normalized spacial score (nSPS) is 44.0. The fourth-order valence-corrected chi connectivity index (χ4v) is 11.5. The molecule has 6 rings (SSSR count). The van der Waals surface area contributed by atoms with Crippen LogP contribution in [0.3, 0.4) is 0 Å². The van der Waals surface area contributed by atoms with E-state index in [9.17, 15) is 19.5 Å². The number of carboxylic acids is 1. The summed E-state index contributed by atoms with van der Waals surface area (Å²) in [6, 6.07) is 3.67. The maximum absolute atomic E-state index is 14.6. The molecule has 9 atom stereocenters. The van der Waals surface area contributed by atoms with Crippen molar-refractivity contribution in [3.63, 3.8) is 0 Å². The number of pyridine rings is 1. The van der Waals surface area contributed by atoms with Gasteiger partial charge in [0.25, 0.3) is 0 Å². The van der Waals surface area contributed by atoms with Crippen LogP contribution >= 0.6 is 0 Å². The zero-order valence-electron chi connectivity index (χ0n) is 28.0. The van der Waals surface area contributed by atoms with Gasteiger partial charge >= 0.3 is 11.9 Å². The molecular formula is C37H52INO5. The summed E-state index contributed by atoms with van der Waals surface area (Å²) in [5.74, 6) is -0.467. The number of rotatable bonds is 3. The van der Waals surface area contributed by atoms with E-state index in [0.717, 1.165) is 44.9 Å². The van der Waals surface area contributed by atoms with E-state index >= 15 is 0 Å². The van der Waals surface area contributed by atoms with Crippen molar-refractivity contribution < 1.29 is 52.8 Å². The van der Waals surface area contributed by atoms with Gasteiger partial charge in [0.1, 0.15) is 18.7 Å². The van der Waals surface area contributed by atoms with Crippen molar-refractivity contribution in [2.24, 2.45) is 57.3 Å². The number of ether oxygens (including phenoxy) is 1. The minimum absolute atomic E-state index is 0. The molecule has 1 aromatic heterocycles. The monoisotopic (exact) mass is 717 g/mol. The third kappa shape index (κ3) is 4.58. The van der Waals surface area contributed by atoms with Crippen LogP contribution < -0.4 is 28.5 Å². The molecule has 1 aromatic rings. The quantitative estimate of drug-likeness (QED) is 0.290. The molecule has 5 aliphatic rings. The van der Waals surface area contributed by atoms with Crippen LogP contribution in [0.2, 0.25) is 0 Å². The number of carboxylic acid groups (broad SMARTS) is 1. The van der Waals surface area contributed by atoms with E-state index in [4.69, 9.17) is 4.74 Å². The van der Waals surface area contributed by atoms with Crippen LogP contribution in [0.25, 0.3) is 0 Å². The number of nitrogens with zero attached hydrogens (tertiary/aromatic N) is 1. The number of ketones is 1. The molecule has 5 aliphatic carbocycles. The third-order valence-electron chi connectivity index (χ3n) is 14.5. The maximum Gasteiger partial charge on any atom is 0.344 e. The van der Waals surface area contributed by atoms with Gasteiger partial charge in [-0.25, -0.2) is 9.36 Å². The van der Waals surface area contributed by atoms with Crippen molar-refractivity contribution in [2.45, 2.75) is 112 Å². The highest BCUT2D eigenvalue weighted by Gasteiger charge is 2.70. The molecule has 0 amide bonds. The average Bonchev–Trinajstić information content (AvgIpc) is 2.92. The number of esters is 1. The fraction of sp³-hybridized carbons (Fsp3) is 0.730. The summed E-state index contributed by atoms with van der Waals surface area (Å²) in [5, 5.41) is 10.2. The molecule has 6 nitrogen and oxygen atoms in total. The summed E-state index contributed by atoms with van der Waals surface area (Å²) in [6.45, 7) is 15.9. The van der Waals surface area contributed by atoms with Crippen molar-refractivity contribution in [3.8, 4) is 0 Å². The van der Waals surface area contributed by atoms with Crippen LogP contribution in [0.4, 0.5) is 0 Å². The largest absolute Gasteiger partial charge is 1.00 e. The molecule has 0 unspecified atom stereocenters. The second-order valence-corrected chi connectivity index (χ2v) is 17.1. The molecule has 0 spiro atoms. The van der Waals surface area contributed by atoms with Gasteiger partial charge in [-0.1, -0.05) is 47.1 Å². The van der Waals surface area contributed by atoms with E-state index in [0.29, 0.717) is 18.4 Å². The predicted octanol–water partition coefficient (Wildman–Crippen LogP) is 4.11. The van der Waals surface area contributed by atoms with Gasteiger partial charge in [-0.3, -0.25) is 9.59 Å². The fourth-order valence-electron chi connectivity index (χ4n) is 11.5. The molecule has 4 saturated carbocycles. The van der Waals surface area contributed by atoms with E-state index in [1.54, 1.807) is 12.3 Å². The molecule has 0 aromatic carbocycles. The summed E-state index contributed by atoms with van der Waals surface area (Å²) in [4.78, 5) is 40.2. The Bertz CT molecular complexity index is 1420.